The Morgan fingerprint density at radius 3 is 2.94 bits per heavy atom. The van der Waals surface area contributed by atoms with Gasteiger partial charge in [-0.2, -0.15) is 0 Å². The third-order valence-corrected chi connectivity index (χ3v) is 3.55. The number of furan rings is 1. The Morgan fingerprint density at radius 1 is 1.44 bits per heavy atom. The summed E-state index contributed by atoms with van der Waals surface area (Å²) in [6.07, 6.45) is 1.45. The van der Waals surface area contributed by atoms with Crippen LogP contribution in [0.1, 0.15) is 30.2 Å². The zero-order chi connectivity index (χ0) is 12.7. The number of para-hydroxylation sites is 1. The lowest BCUT2D eigenvalue weighted by molar-refractivity contribution is -0.139. The molecule has 18 heavy (non-hydrogen) atoms. The first kappa shape index (κ1) is 11.3. The molecule has 2 unspecified atom stereocenters. The quantitative estimate of drug-likeness (QED) is 0.853. The van der Waals surface area contributed by atoms with Gasteiger partial charge < -0.3 is 9.52 Å². The van der Waals surface area contributed by atoms with Gasteiger partial charge in [-0.3, -0.25) is 10.1 Å². The summed E-state index contributed by atoms with van der Waals surface area (Å²) in [4.78, 5) is 10.9. The molecule has 3 rings (SSSR count). The Morgan fingerprint density at radius 2 is 2.28 bits per heavy atom. The van der Waals surface area contributed by atoms with Crippen molar-refractivity contribution < 1.29 is 14.3 Å². The Bertz CT molecular complexity index is 602. The van der Waals surface area contributed by atoms with Crippen molar-refractivity contribution in [2.24, 2.45) is 0 Å². The van der Waals surface area contributed by atoms with Crippen LogP contribution in [0.5, 0.6) is 0 Å². The van der Waals surface area contributed by atoms with Gasteiger partial charge in [-0.25, -0.2) is 0 Å². The van der Waals surface area contributed by atoms with Gasteiger partial charge in [0, 0.05) is 5.39 Å². The van der Waals surface area contributed by atoms with E-state index in [1.54, 1.807) is 0 Å². The Labute approximate surface area is 105 Å². The van der Waals surface area contributed by atoms with Crippen molar-refractivity contribution in [2.75, 3.05) is 0 Å². The fraction of sp³-hybridized carbons (Fsp3) is 0.357. The number of aliphatic carboxylic acids is 1. The van der Waals surface area contributed by atoms with Gasteiger partial charge in [-0.05, 0) is 31.4 Å². The number of carbonyl (C=O) groups is 1. The normalized spacial score (nSPS) is 23.6. The molecule has 0 radical (unpaired) electrons. The smallest absolute Gasteiger partial charge is 0.320 e. The predicted molar refractivity (Wildman–Crippen MR) is 67.5 cm³/mol. The van der Waals surface area contributed by atoms with E-state index in [1.165, 1.54) is 0 Å². The van der Waals surface area contributed by atoms with Crippen LogP contribution in [-0.2, 0) is 4.79 Å². The molecule has 2 heterocycles. The molecule has 0 aliphatic carbocycles. The molecule has 1 aliphatic rings. The summed E-state index contributed by atoms with van der Waals surface area (Å²) < 4.78 is 5.86. The molecule has 1 aliphatic heterocycles. The van der Waals surface area contributed by atoms with Crippen LogP contribution in [0.25, 0.3) is 11.0 Å². The lowest BCUT2D eigenvalue weighted by atomic mass is 10.1. The van der Waals surface area contributed by atoms with Crippen molar-refractivity contribution in [2.45, 2.75) is 31.8 Å². The number of nitrogens with one attached hydrogen (secondary N) is 1. The van der Waals surface area contributed by atoms with Gasteiger partial charge in [0.1, 0.15) is 17.4 Å². The highest BCUT2D eigenvalue weighted by atomic mass is 16.4. The fourth-order valence-electron chi connectivity index (χ4n) is 2.56. The van der Waals surface area contributed by atoms with Crippen LogP contribution < -0.4 is 5.32 Å². The van der Waals surface area contributed by atoms with Gasteiger partial charge in [-0.1, -0.05) is 18.2 Å². The Kier molecular flexibility index (Phi) is 2.59. The van der Waals surface area contributed by atoms with Crippen LogP contribution in [0.3, 0.4) is 0 Å². The minimum absolute atomic E-state index is 0.0119. The van der Waals surface area contributed by atoms with Crippen LogP contribution in [-0.4, -0.2) is 17.1 Å². The monoisotopic (exact) mass is 245 g/mol. The number of carboxylic acid groups (broad SMARTS) is 1. The lowest BCUT2D eigenvalue weighted by Crippen LogP contribution is -2.31. The molecule has 0 saturated carbocycles. The highest BCUT2D eigenvalue weighted by Gasteiger charge is 2.31. The van der Waals surface area contributed by atoms with E-state index in [0.717, 1.165) is 28.7 Å². The lowest BCUT2D eigenvalue weighted by Gasteiger charge is -2.08. The average molecular weight is 245 g/mol. The van der Waals surface area contributed by atoms with Crippen molar-refractivity contribution in [3.63, 3.8) is 0 Å². The molecule has 2 N–H and O–H groups in total. The SMILES string of the molecule is Cc1cccc2cc(C3CCC(C(=O)O)N3)oc12. The maximum Gasteiger partial charge on any atom is 0.320 e. The zero-order valence-electron chi connectivity index (χ0n) is 10.1. The average Bonchev–Trinajstić information content (AvgIpc) is 2.95. The maximum absolute atomic E-state index is 10.9. The van der Waals surface area contributed by atoms with Crippen molar-refractivity contribution >= 4 is 16.9 Å². The van der Waals surface area contributed by atoms with E-state index in [-0.39, 0.29) is 6.04 Å². The number of aryl methyl sites for hydroxylation is 1. The van der Waals surface area contributed by atoms with Gasteiger partial charge in [0.15, 0.2) is 0 Å². The molecule has 94 valence electrons. The summed E-state index contributed by atoms with van der Waals surface area (Å²) in [5, 5.41) is 13.1. The van der Waals surface area contributed by atoms with Crippen LogP contribution in [0.4, 0.5) is 0 Å². The molecule has 0 bridgehead atoms. The summed E-state index contributed by atoms with van der Waals surface area (Å²) in [6, 6.07) is 7.59. The minimum atomic E-state index is -0.787. The summed E-state index contributed by atoms with van der Waals surface area (Å²) in [5.41, 5.74) is 2.00. The minimum Gasteiger partial charge on any atom is -0.480 e. The zero-order valence-corrected chi connectivity index (χ0v) is 10.1. The Balaban J connectivity index is 1.92. The third-order valence-electron chi connectivity index (χ3n) is 3.55. The molecule has 2 aromatic rings. The highest BCUT2D eigenvalue weighted by Crippen LogP contribution is 2.32. The first-order chi connectivity index (χ1) is 8.65. The molecule has 1 fully saturated rings. The second-order valence-corrected chi connectivity index (χ2v) is 4.83. The molecule has 1 aromatic heterocycles. The van der Waals surface area contributed by atoms with Crippen LogP contribution in [0, 0.1) is 6.92 Å². The Hall–Kier alpha value is -1.81. The van der Waals surface area contributed by atoms with Gasteiger partial charge in [0.25, 0.3) is 0 Å². The number of hydrogen-bond donors (Lipinski definition) is 2. The number of benzene rings is 1. The molecule has 1 saturated heterocycles. The van der Waals surface area contributed by atoms with Crippen molar-refractivity contribution in [1.82, 2.24) is 5.32 Å². The molecule has 0 spiro atoms. The summed E-state index contributed by atoms with van der Waals surface area (Å²) in [5.74, 6) is 0.0489. The van der Waals surface area contributed by atoms with Crippen LogP contribution in [0.15, 0.2) is 28.7 Å². The van der Waals surface area contributed by atoms with Gasteiger partial charge in [0.05, 0.1) is 6.04 Å². The third kappa shape index (κ3) is 1.78. The summed E-state index contributed by atoms with van der Waals surface area (Å²) in [6.45, 7) is 2.01. The van der Waals surface area contributed by atoms with E-state index in [4.69, 9.17) is 9.52 Å². The largest absolute Gasteiger partial charge is 0.480 e. The van der Waals surface area contributed by atoms with E-state index < -0.39 is 12.0 Å². The topological polar surface area (TPSA) is 62.5 Å². The number of fused-ring (bicyclic) bond motifs is 1. The first-order valence-corrected chi connectivity index (χ1v) is 6.13. The standard InChI is InChI=1S/C14H15NO3/c1-8-3-2-4-9-7-12(18-13(8)9)10-5-6-11(15-10)14(16)17/h2-4,7,10-11,15H,5-6H2,1H3,(H,16,17). The molecule has 4 nitrogen and oxygen atoms in total. The molecule has 4 heteroatoms. The van der Waals surface area contributed by atoms with E-state index in [9.17, 15) is 4.79 Å². The van der Waals surface area contributed by atoms with Gasteiger partial charge in [0.2, 0.25) is 0 Å². The first-order valence-electron chi connectivity index (χ1n) is 6.13. The van der Waals surface area contributed by atoms with Crippen molar-refractivity contribution in [3.05, 3.63) is 35.6 Å². The van der Waals surface area contributed by atoms with Crippen molar-refractivity contribution in [3.8, 4) is 0 Å². The van der Waals surface area contributed by atoms with Crippen LogP contribution in [0.2, 0.25) is 0 Å². The number of carboxylic acids is 1. The number of hydrogen-bond acceptors (Lipinski definition) is 3. The van der Waals surface area contributed by atoms with Crippen molar-refractivity contribution in [1.29, 1.82) is 0 Å². The number of rotatable bonds is 2. The highest BCUT2D eigenvalue weighted by molar-refractivity contribution is 5.81. The van der Waals surface area contributed by atoms with E-state index in [0.29, 0.717) is 6.42 Å². The predicted octanol–water partition coefficient (Wildman–Crippen LogP) is 2.62. The fourth-order valence-corrected chi connectivity index (χ4v) is 2.56. The molecule has 0 amide bonds. The second-order valence-electron chi connectivity index (χ2n) is 4.83. The maximum atomic E-state index is 10.9. The van der Waals surface area contributed by atoms with Gasteiger partial charge >= 0.3 is 5.97 Å². The second kappa shape index (κ2) is 4.14. The summed E-state index contributed by atoms with van der Waals surface area (Å²) >= 11 is 0. The van der Waals surface area contributed by atoms with E-state index >= 15 is 0 Å². The molecule has 1 aromatic carbocycles. The molecular formula is C14H15NO3. The molecular weight excluding hydrogens is 230 g/mol. The summed E-state index contributed by atoms with van der Waals surface area (Å²) in [7, 11) is 0. The van der Waals surface area contributed by atoms with E-state index in [2.05, 4.69) is 5.32 Å². The van der Waals surface area contributed by atoms with E-state index in [1.807, 2.05) is 31.2 Å². The molecule has 2 atom stereocenters. The van der Waals surface area contributed by atoms with Gasteiger partial charge in [-0.15, -0.1) is 0 Å². The van der Waals surface area contributed by atoms with Crippen LogP contribution >= 0.6 is 0 Å².